The van der Waals surface area contributed by atoms with Crippen LogP contribution in [-0.4, -0.2) is 32.3 Å². The maximum Gasteiger partial charge on any atom is 0.194 e. The van der Waals surface area contributed by atoms with Gasteiger partial charge in [-0.2, -0.15) is 5.10 Å². The molecule has 6 nitrogen and oxygen atoms in total. The summed E-state index contributed by atoms with van der Waals surface area (Å²) >= 11 is 1.74. The predicted molar refractivity (Wildman–Crippen MR) is 94.3 cm³/mol. The van der Waals surface area contributed by atoms with Crippen LogP contribution >= 0.6 is 11.3 Å². The highest BCUT2D eigenvalue weighted by molar-refractivity contribution is 7.17. The van der Waals surface area contributed by atoms with E-state index in [9.17, 15) is 0 Å². The molecule has 1 aliphatic heterocycles. The molecule has 1 aliphatic rings. The highest BCUT2D eigenvalue weighted by atomic mass is 32.1. The SMILES string of the molecule is Cc1cn2c(CNC[C@@H]3CCO[C@H]3c3ccnn3C)c(C)nc2s1. The minimum atomic E-state index is 0.139. The Morgan fingerprint density at radius 3 is 3.08 bits per heavy atom. The third-order valence-corrected chi connectivity index (χ3v) is 5.70. The van der Waals surface area contributed by atoms with Crippen LogP contribution in [0.15, 0.2) is 18.5 Å². The summed E-state index contributed by atoms with van der Waals surface area (Å²) in [5.41, 5.74) is 3.53. The van der Waals surface area contributed by atoms with Crippen molar-refractivity contribution < 1.29 is 4.74 Å². The number of ether oxygens (including phenoxy) is 1. The summed E-state index contributed by atoms with van der Waals surface area (Å²) in [6.45, 7) is 6.80. The first-order valence-corrected chi connectivity index (χ1v) is 9.19. The molecule has 24 heavy (non-hydrogen) atoms. The maximum absolute atomic E-state index is 5.96. The third-order valence-electron chi connectivity index (χ3n) is 4.80. The lowest BCUT2D eigenvalue weighted by molar-refractivity contribution is 0.0837. The Hall–Kier alpha value is -1.70. The van der Waals surface area contributed by atoms with Crippen molar-refractivity contribution in [3.63, 3.8) is 0 Å². The molecule has 0 unspecified atom stereocenters. The Labute approximate surface area is 145 Å². The van der Waals surface area contributed by atoms with E-state index in [1.54, 1.807) is 11.3 Å². The van der Waals surface area contributed by atoms with Gasteiger partial charge in [0.2, 0.25) is 0 Å². The van der Waals surface area contributed by atoms with Crippen LogP contribution in [0.25, 0.3) is 4.96 Å². The highest BCUT2D eigenvalue weighted by Gasteiger charge is 2.31. The molecule has 1 saturated heterocycles. The Morgan fingerprint density at radius 2 is 2.29 bits per heavy atom. The first-order chi connectivity index (χ1) is 11.6. The van der Waals surface area contributed by atoms with E-state index in [1.165, 1.54) is 10.6 Å². The average Bonchev–Trinajstić information content (AvgIpc) is 3.27. The van der Waals surface area contributed by atoms with Crippen LogP contribution in [0.5, 0.6) is 0 Å². The van der Waals surface area contributed by atoms with Crippen LogP contribution in [0.1, 0.15) is 34.5 Å². The molecule has 128 valence electrons. The number of hydrogen-bond acceptors (Lipinski definition) is 5. The molecule has 2 atom stereocenters. The molecule has 1 fully saturated rings. The fourth-order valence-electron chi connectivity index (χ4n) is 3.53. The van der Waals surface area contributed by atoms with Crippen LogP contribution in [0.2, 0.25) is 0 Å². The number of rotatable bonds is 5. The smallest absolute Gasteiger partial charge is 0.194 e. The molecular weight excluding hydrogens is 322 g/mol. The van der Waals surface area contributed by atoms with E-state index >= 15 is 0 Å². The molecule has 0 radical (unpaired) electrons. The number of fused-ring (bicyclic) bond motifs is 1. The number of aryl methyl sites for hydroxylation is 3. The van der Waals surface area contributed by atoms with Crippen molar-refractivity contribution in [3.05, 3.63) is 40.4 Å². The zero-order valence-electron chi connectivity index (χ0n) is 14.3. The molecule has 0 saturated carbocycles. The number of nitrogens with zero attached hydrogens (tertiary/aromatic N) is 4. The quantitative estimate of drug-likeness (QED) is 0.772. The Bertz CT molecular complexity index is 849. The number of imidazole rings is 1. The summed E-state index contributed by atoms with van der Waals surface area (Å²) in [5.74, 6) is 0.480. The fraction of sp³-hybridized carbons (Fsp3) is 0.529. The molecule has 4 rings (SSSR count). The van der Waals surface area contributed by atoms with Gasteiger partial charge < -0.3 is 10.1 Å². The standard InChI is InChI=1S/C17H23N5OS/c1-11-10-22-15(12(2)20-17(22)24-11)9-18-8-13-5-7-23-16(13)14-4-6-19-21(14)3/h4,6,10,13,16,18H,5,7-9H2,1-3H3/t13-,16+/m0/s1. The summed E-state index contributed by atoms with van der Waals surface area (Å²) < 4.78 is 10.1. The molecular formula is C17H23N5OS. The van der Waals surface area contributed by atoms with Crippen LogP contribution in [0.4, 0.5) is 0 Å². The van der Waals surface area contributed by atoms with Gasteiger partial charge in [0.1, 0.15) is 6.10 Å². The third kappa shape index (κ3) is 2.76. The largest absolute Gasteiger partial charge is 0.372 e. The lowest BCUT2D eigenvalue weighted by Crippen LogP contribution is -2.26. The zero-order valence-corrected chi connectivity index (χ0v) is 15.1. The molecule has 4 heterocycles. The van der Waals surface area contributed by atoms with Crippen molar-refractivity contribution in [3.8, 4) is 0 Å². The van der Waals surface area contributed by atoms with E-state index in [0.717, 1.165) is 42.5 Å². The van der Waals surface area contributed by atoms with Gasteiger partial charge in [-0.05, 0) is 26.3 Å². The fourth-order valence-corrected chi connectivity index (χ4v) is 4.42. The second-order valence-corrected chi connectivity index (χ2v) is 7.70. The zero-order chi connectivity index (χ0) is 16.7. The molecule has 3 aromatic rings. The normalized spacial score (nSPS) is 21.1. The van der Waals surface area contributed by atoms with E-state index in [1.807, 2.05) is 17.9 Å². The lowest BCUT2D eigenvalue weighted by Gasteiger charge is -2.19. The first-order valence-electron chi connectivity index (χ1n) is 8.37. The molecule has 7 heteroatoms. The van der Waals surface area contributed by atoms with Gasteiger partial charge in [0.05, 0.1) is 17.1 Å². The topological polar surface area (TPSA) is 56.4 Å². The number of thiazole rings is 1. The lowest BCUT2D eigenvalue weighted by atomic mass is 9.99. The van der Waals surface area contributed by atoms with Gasteiger partial charge in [0.15, 0.2) is 4.96 Å². The predicted octanol–water partition coefficient (Wildman–Crippen LogP) is 2.61. The Morgan fingerprint density at radius 1 is 1.42 bits per heavy atom. The van der Waals surface area contributed by atoms with Gasteiger partial charge in [0.25, 0.3) is 0 Å². The van der Waals surface area contributed by atoms with Crippen LogP contribution < -0.4 is 5.32 Å². The Kier molecular flexibility index (Phi) is 4.15. The monoisotopic (exact) mass is 345 g/mol. The number of nitrogens with one attached hydrogen (secondary N) is 1. The van der Waals surface area contributed by atoms with Gasteiger partial charge in [-0.25, -0.2) is 4.98 Å². The molecule has 0 spiro atoms. The van der Waals surface area contributed by atoms with Gasteiger partial charge >= 0.3 is 0 Å². The van der Waals surface area contributed by atoms with Crippen molar-refractivity contribution in [2.45, 2.75) is 32.9 Å². The maximum atomic E-state index is 5.96. The van der Waals surface area contributed by atoms with E-state index < -0.39 is 0 Å². The summed E-state index contributed by atoms with van der Waals surface area (Å²) in [4.78, 5) is 7.03. The molecule has 0 aliphatic carbocycles. The highest BCUT2D eigenvalue weighted by Crippen LogP contribution is 2.33. The van der Waals surface area contributed by atoms with Crippen molar-refractivity contribution in [2.75, 3.05) is 13.2 Å². The molecule has 3 aromatic heterocycles. The van der Waals surface area contributed by atoms with Crippen molar-refractivity contribution in [1.82, 2.24) is 24.5 Å². The van der Waals surface area contributed by atoms with E-state index in [0.29, 0.717) is 5.92 Å². The van der Waals surface area contributed by atoms with Gasteiger partial charge in [-0.3, -0.25) is 9.08 Å². The Balaban J connectivity index is 1.43. The van der Waals surface area contributed by atoms with E-state index in [-0.39, 0.29) is 6.10 Å². The molecule has 0 bridgehead atoms. The second-order valence-electron chi connectivity index (χ2n) is 6.49. The van der Waals surface area contributed by atoms with Gasteiger partial charge in [0, 0.05) is 49.9 Å². The molecule has 0 aromatic carbocycles. The van der Waals surface area contributed by atoms with Crippen molar-refractivity contribution in [1.29, 1.82) is 0 Å². The van der Waals surface area contributed by atoms with E-state index in [2.05, 4.69) is 45.9 Å². The number of hydrogen-bond donors (Lipinski definition) is 1. The first kappa shape index (κ1) is 15.8. The number of aromatic nitrogens is 4. The summed E-state index contributed by atoms with van der Waals surface area (Å²) in [6, 6.07) is 2.06. The van der Waals surface area contributed by atoms with Crippen molar-refractivity contribution >= 4 is 16.3 Å². The van der Waals surface area contributed by atoms with Crippen molar-refractivity contribution in [2.24, 2.45) is 13.0 Å². The van der Waals surface area contributed by atoms with Gasteiger partial charge in [-0.15, -0.1) is 11.3 Å². The minimum absolute atomic E-state index is 0.139. The summed E-state index contributed by atoms with van der Waals surface area (Å²) in [7, 11) is 1.98. The minimum Gasteiger partial charge on any atom is -0.372 e. The van der Waals surface area contributed by atoms with Crippen LogP contribution in [0.3, 0.4) is 0 Å². The average molecular weight is 345 g/mol. The second kappa shape index (κ2) is 6.31. The molecule has 0 amide bonds. The van der Waals surface area contributed by atoms with Crippen LogP contribution in [-0.2, 0) is 18.3 Å². The van der Waals surface area contributed by atoms with Gasteiger partial charge in [-0.1, -0.05) is 0 Å². The summed E-state index contributed by atoms with van der Waals surface area (Å²) in [5, 5.41) is 7.89. The summed E-state index contributed by atoms with van der Waals surface area (Å²) in [6.07, 6.45) is 5.24. The molecule has 1 N–H and O–H groups in total. The van der Waals surface area contributed by atoms with Crippen LogP contribution in [0, 0.1) is 19.8 Å². The van der Waals surface area contributed by atoms with E-state index in [4.69, 9.17) is 4.74 Å².